The second-order valence-electron chi connectivity index (χ2n) is 4.29. The number of amides is 1. The summed E-state index contributed by atoms with van der Waals surface area (Å²) in [5, 5.41) is 10.2. The maximum absolute atomic E-state index is 12.1. The molecule has 0 atom stereocenters. The summed E-state index contributed by atoms with van der Waals surface area (Å²) in [7, 11) is 0. The van der Waals surface area contributed by atoms with E-state index in [0.717, 1.165) is 18.5 Å². The number of H-pyrrole nitrogens is 1. The molecule has 0 unspecified atom stereocenters. The van der Waals surface area contributed by atoms with Crippen LogP contribution in [-0.2, 0) is 6.42 Å². The maximum Gasteiger partial charge on any atom is 0.278 e. The van der Waals surface area contributed by atoms with E-state index in [0.29, 0.717) is 21.4 Å². The third kappa shape index (κ3) is 3.05. The minimum absolute atomic E-state index is 0.157. The number of nitrogen functional groups attached to an aromatic ring is 1. The van der Waals surface area contributed by atoms with Crippen LogP contribution in [0.4, 0.5) is 11.4 Å². The van der Waals surface area contributed by atoms with Crippen molar-refractivity contribution >= 4 is 40.5 Å². The Bertz CT molecular complexity index is 639. The molecule has 0 spiro atoms. The van der Waals surface area contributed by atoms with Gasteiger partial charge in [-0.25, -0.2) is 0 Å². The van der Waals surface area contributed by atoms with Crippen LogP contribution < -0.4 is 11.1 Å². The number of aromatic nitrogens is 2. The highest BCUT2D eigenvalue weighted by molar-refractivity contribution is 6.35. The second-order valence-corrected chi connectivity index (χ2v) is 5.14. The second kappa shape index (κ2) is 6.15. The van der Waals surface area contributed by atoms with Gasteiger partial charge in [-0.2, -0.15) is 5.10 Å². The number of hydrogen-bond donors (Lipinski definition) is 3. The van der Waals surface area contributed by atoms with Crippen LogP contribution in [0.3, 0.4) is 0 Å². The van der Waals surface area contributed by atoms with Gasteiger partial charge in [0, 0.05) is 5.02 Å². The number of aryl methyl sites for hydroxylation is 1. The van der Waals surface area contributed by atoms with Crippen LogP contribution in [0.15, 0.2) is 18.2 Å². The number of rotatable bonds is 4. The lowest BCUT2D eigenvalue weighted by atomic mass is 10.2. The van der Waals surface area contributed by atoms with Gasteiger partial charge in [-0.1, -0.05) is 36.5 Å². The lowest BCUT2D eigenvalue weighted by Gasteiger charge is -2.06. The van der Waals surface area contributed by atoms with E-state index in [-0.39, 0.29) is 5.69 Å². The fraction of sp³-hybridized carbons (Fsp3) is 0.231. The Hall–Kier alpha value is -1.72. The van der Waals surface area contributed by atoms with Crippen LogP contribution in [-0.4, -0.2) is 16.1 Å². The Labute approximate surface area is 126 Å². The summed E-state index contributed by atoms with van der Waals surface area (Å²) in [4.78, 5) is 12.1. The molecule has 1 aromatic carbocycles. The fourth-order valence-electron chi connectivity index (χ4n) is 1.78. The average molecular weight is 313 g/mol. The van der Waals surface area contributed by atoms with Crippen LogP contribution >= 0.6 is 23.2 Å². The standard InChI is InChI=1S/C13H14Cl2N4O/c1-2-3-9-11(16)12(19-18-9)13(20)17-10-6-7(14)4-5-8(10)15/h4-6H,2-3,16H2,1H3,(H,17,20)(H,18,19). The van der Waals surface area contributed by atoms with E-state index in [4.69, 9.17) is 28.9 Å². The zero-order chi connectivity index (χ0) is 14.7. The molecule has 7 heteroatoms. The molecule has 4 N–H and O–H groups in total. The van der Waals surface area contributed by atoms with Gasteiger partial charge in [-0.05, 0) is 24.6 Å². The van der Waals surface area contributed by atoms with Crippen molar-refractivity contribution in [1.82, 2.24) is 10.2 Å². The molecule has 1 amide bonds. The molecular formula is C13H14Cl2N4O. The number of halogens is 2. The van der Waals surface area contributed by atoms with Gasteiger partial charge in [-0.3, -0.25) is 9.89 Å². The molecule has 2 aromatic rings. The Kier molecular flexibility index (Phi) is 4.52. The Morgan fingerprint density at radius 1 is 1.45 bits per heavy atom. The van der Waals surface area contributed by atoms with Crippen molar-refractivity contribution in [1.29, 1.82) is 0 Å². The Balaban J connectivity index is 2.22. The highest BCUT2D eigenvalue weighted by atomic mass is 35.5. The SMILES string of the molecule is CCCc1[nH]nc(C(=O)Nc2cc(Cl)ccc2Cl)c1N. The van der Waals surface area contributed by atoms with Gasteiger partial charge in [0.25, 0.3) is 5.91 Å². The first-order valence-corrected chi connectivity index (χ1v) is 6.87. The zero-order valence-corrected chi connectivity index (χ0v) is 12.3. The molecule has 0 aliphatic heterocycles. The summed E-state index contributed by atoms with van der Waals surface area (Å²) in [6.07, 6.45) is 1.65. The summed E-state index contributed by atoms with van der Waals surface area (Å²) in [6.45, 7) is 2.02. The summed E-state index contributed by atoms with van der Waals surface area (Å²) in [5.41, 5.74) is 7.60. The van der Waals surface area contributed by atoms with E-state index in [9.17, 15) is 4.79 Å². The molecule has 0 bridgehead atoms. The van der Waals surface area contributed by atoms with Crippen LogP contribution in [0.1, 0.15) is 29.5 Å². The van der Waals surface area contributed by atoms with Crippen molar-refractivity contribution in [3.05, 3.63) is 39.6 Å². The first-order valence-electron chi connectivity index (χ1n) is 6.12. The van der Waals surface area contributed by atoms with Gasteiger partial charge in [0.2, 0.25) is 0 Å². The quantitative estimate of drug-likeness (QED) is 0.807. The number of nitrogens with zero attached hydrogens (tertiary/aromatic N) is 1. The monoisotopic (exact) mass is 312 g/mol. The summed E-state index contributed by atoms with van der Waals surface area (Å²) in [5.74, 6) is -0.426. The van der Waals surface area contributed by atoms with E-state index in [1.54, 1.807) is 18.2 Å². The van der Waals surface area contributed by atoms with Gasteiger partial charge in [-0.15, -0.1) is 0 Å². The van der Waals surface area contributed by atoms with Crippen molar-refractivity contribution in [2.75, 3.05) is 11.1 Å². The van der Waals surface area contributed by atoms with Gasteiger partial charge < -0.3 is 11.1 Å². The molecule has 2 rings (SSSR count). The third-order valence-electron chi connectivity index (χ3n) is 2.77. The molecular weight excluding hydrogens is 299 g/mol. The van der Waals surface area contributed by atoms with Crippen LogP contribution in [0, 0.1) is 0 Å². The van der Waals surface area contributed by atoms with Crippen molar-refractivity contribution in [3.8, 4) is 0 Å². The number of benzene rings is 1. The van der Waals surface area contributed by atoms with E-state index in [1.165, 1.54) is 0 Å². The number of aromatic amines is 1. The number of carbonyl (C=O) groups excluding carboxylic acids is 1. The van der Waals surface area contributed by atoms with Gasteiger partial charge in [0.1, 0.15) is 0 Å². The normalized spacial score (nSPS) is 10.6. The zero-order valence-electron chi connectivity index (χ0n) is 10.8. The van der Waals surface area contributed by atoms with Crippen LogP contribution in [0.25, 0.3) is 0 Å². The number of anilines is 2. The number of nitrogens with two attached hydrogens (primary N) is 1. The molecule has 1 aromatic heterocycles. The fourth-order valence-corrected chi connectivity index (χ4v) is 2.11. The predicted octanol–water partition coefficient (Wildman–Crippen LogP) is 3.50. The first kappa shape index (κ1) is 14.7. The molecule has 106 valence electrons. The summed E-state index contributed by atoms with van der Waals surface area (Å²) >= 11 is 11.9. The van der Waals surface area contributed by atoms with Crippen molar-refractivity contribution in [2.24, 2.45) is 0 Å². The highest BCUT2D eigenvalue weighted by Crippen LogP contribution is 2.26. The molecule has 0 saturated carbocycles. The Morgan fingerprint density at radius 2 is 2.20 bits per heavy atom. The summed E-state index contributed by atoms with van der Waals surface area (Å²) < 4.78 is 0. The minimum Gasteiger partial charge on any atom is -0.395 e. The van der Waals surface area contributed by atoms with Gasteiger partial charge in [0.15, 0.2) is 5.69 Å². The number of hydrogen-bond acceptors (Lipinski definition) is 3. The summed E-state index contributed by atoms with van der Waals surface area (Å²) in [6, 6.07) is 4.81. The highest BCUT2D eigenvalue weighted by Gasteiger charge is 2.17. The first-order chi connectivity index (χ1) is 9.52. The Morgan fingerprint density at radius 3 is 2.90 bits per heavy atom. The molecule has 1 heterocycles. The van der Waals surface area contributed by atoms with Crippen molar-refractivity contribution in [3.63, 3.8) is 0 Å². The molecule has 20 heavy (non-hydrogen) atoms. The molecule has 0 radical (unpaired) electrons. The predicted molar refractivity (Wildman–Crippen MR) is 81.4 cm³/mol. The molecule has 0 aliphatic rings. The van der Waals surface area contributed by atoms with Crippen molar-refractivity contribution < 1.29 is 4.79 Å². The molecule has 5 nitrogen and oxygen atoms in total. The molecule has 0 saturated heterocycles. The van der Waals surface area contributed by atoms with E-state index >= 15 is 0 Å². The van der Waals surface area contributed by atoms with Gasteiger partial charge >= 0.3 is 0 Å². The van der Waals surface area contributed by atoms with Gasteiger partial charge in [0.05, 0.1) is 22.1 Å². The smallest absolute Gasteiger partial charge is 0.278 e. The average Bonchev–Trinajstić information content (AvgIpc) is 2.76. The van der Waals surface area contributed by atoms with Crippen LogP contribution in [0.5, 0.6) is 0 Å². The van der Waals surface area contributed by atoms with E-state index in [1.807, 2.05) is 6.92 Å². The molecule has 0 fully saturated rings. The van der Waals surface area contributed by atoms with Crippen molar-refractivity contribution in [2.45, 2.75) is 19.8 Å². The largest absolute Gasteiger partial charge is 0.395 e. The minimum atomic E-state index is -0.426. The molecule has 0 aliphatic carbocycles. The topological polar surface area (TPSA) is 83.8 Å². The number of nitrogens with one attached hydrogen (secondary N) is 2. The third-order valence-corrected chi connectivity index (χ3v) is 3.34. The van der Waals surface area contributed by atoms with E-state index < -0.39 is 5.91 Å². The van der Waals surface area contributed by atoms with E-state index in [2.05, 4.69) is 15.5 Å². The maximum atomic E-state index is 12.1. The number of carbonyl (C=O) groups is 1. The lowest BCUT2D eigenvalue weighted by molar-refractivity contribution is 0.102. The van der Waals surface area contributed by atoms with Crippen LogP contribution in [0.2, 0.25) is 10.0 Å². The lowest BCUT2D eigenvalue weighted by Crippen LogP contribution is -2.14.